The van der Waals surface area contributed by atoms with E-state index in [-0.39, 0.29) is 17.8 Å². The van der Waals surface area contributed by atoms with Crippen LogP contribution in [0, 0.1) is 5.92 Å². The zero-order chi connectivity index (χ0) is 14.9. The quantitative estimate of drug-likeness (QED) is 0.661. The molecule has 1 aliphatic rings. The maximum Gasteiger partial charge on any atom is 0.177 e. The van der Waals surface area contributed by atoms with E-state index in [1.165, 1.54) is 11.3 Å². The van der Waals surface area contributed by atoms with Gasteiger partial charge in [0.1, 0.15) is 5.00 Å². The van der Waals surface area contributed by atoms with E-state index < -0.39 is 0 Å². The Labute approximate surface area is 128 Å². The highest BCUT2D eigenvalue weighted by molar-refractivity contribution is 7.99. The molecule has 0 unspecified atom stereocenters. The lowest BCUT2D eigenvalue weighted by atomic mass is 10.1. The standard InChI is InChI=1S/C14H22N2O2S2/c1-8(2)11(18)12-10(15)13(19-3)14(20-12)16-6-4-9(17)5-7-16/h8-9,17H,4-7,15H2,1-3H3. The van der Waals surface area contributed by atoms with Crippen LogP contribution < -0.4 is 10.6 Å². The van der Waals surface area contributed by atoms with Crippen LogP contribution >= 0.6 is 23.1 Å². The summed E-state index contributed by atoms with van der Waals surface area (Å²) in [6.45, 7) is 5.45. The largest absolute Gasteiger partial charge is 0.396 e. The Morgan fingerprint density at radius 2 is 2.05 bits per heavy atom. The Bertz CT molecular complexity index is 492. The Hall–Kier alpha value is -0.720. The fourth-order valence-corrected chi connectivity index (χ4v) is 4.66. The maximum absolute atomic E-state index is 12.2. The van der Waals surface area contributed by atoms with Crippen LogP contribution in [0.2, 0.25) is 0 Å². The molecule has 1 fully saturated rings. The molecule has 6 heteroatoms. The molecule has 0 saturated carbocycles. The number of thiophene rings is 1. The summed E-state index contributed by atoms with van der Waals surface area (Å²) in [5, 5.41) is 10.7. The van der Waals surface area contributed by atoms with E-state index in [9.17, 15) is 9.90 Å². The zero-order valence-electron chi connectivity index (χ0n) is 12.2. The number of nitrogens with zero attached hydrogens (tertiary/aromatic N) is 1. The minimum atomic E-state index is -0.196. The predicted molar refractivity (Wildman–Crippen MR) is 87.1 cm³/mol. The van der Waals surface area contributed by atoms with Gasteiger partial charge in [0, 0.05) is 19.0 Å². The van der Waals surface area contributed by atoms with Gasteiger partial charge in [-0.15, -0.1) is 23.1 Å². The smallest absolute Gasteiger partial charge is 0.177 e. The maximum atomic E-state index is 12.2. The van der Waals surface area contributed by atoms with Crippen molar-refractivity contribution in [1.29, 1.82) is 0 Å². The van der Waals surface area contributed by atoms with E-state index >= 15 is 0 Å². The molecule has 112 valence electrons. The molecule has 0 aromatic carbocycles. The van der Waals surface area contributed by atoms with Crippen molar-refractivity contribution in [2.75, 3.05) is 30.0 Å². The third kappa shape index (κ3) is 2.97. The summed E-state index contributed by atoms with van der Waals surface area (Å²) in [6.07, 6.45) is 3.35. The number of aliphatic hydroxyl groups excluding tert-OH is 1. The van der Waals surface area contributed by atoms with Crippen LogP contribution in [-0.2, 0) is 0 Å². The van der Waals surface area contributed by atoms with Crippen molar-refractivity contribution in [2.24, 2.45) is 5.92 Å². The number of ketones is 1. The second-order valence-electron chi connectivity index (χ2n) is 5.42. The highest BCUT2D eigenvalue weighted by Crippen LogP contribution is 2.45. The molecule has 4 nitrogen and oxygen atoms in total. The fraction of sp³-hybridized carbons (Fsp3) is 0.643. The number of piperidine rings is 1. The predicted octanol–water partition coefficient (Wildman–Crippen LogP) is 2.85. The molecular weight excluding hydrogens is 292 g/mol. The van der Waals surface area contributed by atoms with Crippen LogP contribution in [0.4, 0.5) is 10.7 Å². The van der Waals surface area contributed by atoms with E-state index in [1.807, 2.05) is 20.1 Å². The number of carbonyl (C=O) groups is 1. The normalized spacial score (nSPS) is 16.9. The molecule has 2 heterocycles. The molecule has 2 rings (SSSR count). The van der Waals surface area contributed by atoms with E-state index in [2.05, 4.69) is 4.90 Å². The van der Waals surface area contributed by atoms with Crippen LogP contribution in [0.25, 0.3) is 0 Å². The summed E-state index contributed by atoms with van der Waals surface area (Å²) in [4.78, 5) is 16.2. The molecule has 1 aromatic rings. The average molecular weight is 314 g/mol. The SMILES string of the molecule is CSc1c(N2CCC(O)CC2)sc(C(=O)C(C)C)c1N. The molecule has 0 spiro atoms. The van der Waals surface area contributed by atoms with Crippen molar-refractivity contribution in [2.45, 2.75) is 37.7 Å². The summed E-state index contributed by atoms with van der Waals surface area (Å²) < 4.78 is 0. The first-order chi connectivity index (χ1) is 9.45. The molecular formula is C14H22N2O2S2. The van der Waals surface area contributed by atoms with Crippen molar-refractivity contribution >= 4 is 39.6 Å². The molecule has 0 aliphatic carbocycles. The second kappa shape index (κ2) is 6.37. The number of aliphatic hydroxyl groups is 1. The number of hydrogen-bond donors (Lipinski definition) is 2. The Morgan fingerprint density at radius 3 is 2.55 bits per heavy atom. The van der Waals surface area contributed by atoms with Gasteiger partial charge < -0.3 is 15.7 Å². The number of Topliss-reactive ketones (excluding diaryl/α,β-unsaturated/α-hetero) is 1. The Balaban J connectivity index is 2.33. The molecule has 1 aromatic heterocycles. The van der Waals surface area contributed by atoms with Gasteiger partial charge in [0.15, 0.2) is 5.78 Å². The second-order valence-corrected chi connectivity index (χ2v) is 7.24. The van der Waals surface area contributed by atoms with E-state index in [0.29, 0.717) is 10.6 Å². The summed E-state index contributed by atoms with van der Waals surface area (Å²) in [7, 11) is 0. The monoisotopic (exact) mass is 314 g/mol. The molecule has 0 amide bonds. The van der Waals surface area contributed by atoms with Crippen LogP contribution in [0.5, 0.6) is 0 Å². The first kappa shape index (κ1) is 15.7. The van der Waals surface area contributed by atoms with Crippen LogP contribution in [0.15, 0.2) is 4.90 Å². The minimum absolute atomic E-state index is 0.0401. The third-order valence-electron chi connectivity index (χ3n) is 3.59. The molecule has 1 saturated heterocycles. The van der Waals surface area contributed by atoms with Crippen molar-refractivity contribution in [3.63, 3.8) is 0 Å². The van der Waals surface area contributed by atoms with Gasteiger partial charge in [0.2, 0.25) is 0 Å². The van der Waals surface area contributed by atoms with Crippen molar-refractivity contribution in [1.82, 2.24) is 0 Å². The number of anilines is 2. The number of nitrogens with two attached hydrogens (primary N) is 1. The minimum Gasteiger partial charge on any atom is -0.396 e. The van der Waals surface area contributed by atoms with Gasteiger partial charge in [-0.2, -0.15) is 0 Å². The van der Waals surface area contributed by atoms with Gasteiger partial charge in [0.05, 0.1) is 21.6 Å². The zero-order valence-corrected chi connectivity index (χ0v) is 13.8. The fourth-order valence-electron chi connectivity index (χ4n) is 2.34. The lowest BCUT2D eigenvalue weighted by Crippen LogP contribution is -2.35. The van der Waals surface area contributed by atoms with Crippen LogP contribution in [-0.4, -0.2) is 36.3 Å². The number of thioether (sulfide) groups is 1. The van der Waals surface area contributed by atoms with Gasteiger partial charge in [-0.1, -0.05) is 13.8 Å². The number of nitrogen functional groups attached to an aromatic ring is 1. The van der Waals surface area contributed by atoms with Gasteiger partial charge in [-0.3, -0.25) is 4.79 Å². The number of carbonyl (C=O) groups excluding carboxylic acids is 1. The van der Waals surface area contributed by atoms with E-state index in [0.717, 1.165) is 35.8 Å². The summed E-state index contributed by atoms with van der Waals surface area (Å²) in [6, 6.07) is 0. The summed E-state index contributed by atoms with van der Waals surface area (Å²) >= 11 is 3.10. The van der Waals surface area contributed by atoms with Gasteiger partial charge in [-0.25, -0.2) is 0 Å². The lowest BCUT2D eigenvalue weighted by molar-refractivity contribution is 0.0944. The summed E-state index contributed by atoms with van der Waals surface area (Å²) in [5.74, 6) is 0.0766. The van der Waals surface area contributed by atoms with E-state index in [4.69, 9.17) is 5.73 Å². The third-order valence-corrected chi connectivity index (χ3v) is 5.82. The molecule has 3 N–H and O–H groups in total. The van der Waals surface area contributed by atoms with E-state index in [1.54, 1.807) is 11.8 Å². The molecule has 0 radical (unpaired) electrons. The lowest BCUT2D eigenvalue weighted by Gasteiger charge is -2.30. The van der Waals surface area contributed by atoms with Gasteiger partial charge in [0.25, 0.3) is 0 Å². The number of hydrogen-bond acceptors (Lipinski definition) is 6. The van der Waals surface area contributed by atoms with Crippen molar-refractivity contribution < 1.29 is 9.90 Å². The Kier molecular flexibility index (Phi) is 4.99. The Morgan fingerprint density at radius 1 is 1.45 bits per heavy atom. The average Bonchev–Trinajstić information content (AvgIpc) is 2.75. The highest BCUT2D eigenvalue weighted by Gasteiger charge is 2.27. The first-order valence-corrected chi connectivity index (χ1v) is 8.93. The molecule has 1 aliphatic heterocycles. The van der Waals surface area contributed by atoms with Crippen LogP contribution in [0.1, 0.15) is 36.4 Å². The van der Waals surface area contributed by atoms with Crippen LogP contribution in [0.3, 0.4) is 0 Å². The molecule has 0 bridgehead atoms. The van der Waals surface area contributed by atoms with Crippen molar-refractivity contribution in [3.8, 4) is 0 Å². The summed E-state index contributed by atoms with van der Waals surface area (Å²) in [5.41, 5.74) is 6.81. The van der Waals surface area contributed by atoms with Crippen molar-refractivity contribution in [3.05, 3.63) is 4.88 Å². The van der Waals surface area contributed by atoms with Gasteiger partial charge >= 0.3 is 0 Å². The first-order valence-electron chi connectivity index (χ1n) is 6.89. The molecule has 20 heavy (non-hydrogen) atoms. The molecule has 0 atom stereocenters. The number of rotatable bonds is 4. The topological polar surface area (TPSA) is 66.6 Å². The van der Waals surface area contributed by atoms with Gasteiger partial charge in [-0.05, 0) is 19.1 Å². The highest BCUT2D eigenvalue weighted by atomic mass is 32.2.